The molecule has 1 aromatic carbocycles. The van der Waals surface area contributed by atoms with Gasteiger partial charge in [0.2, 0.25) is 0 Å². The van der Waals surface area contributed by atoms with Crippen molar-refractivity contribution in [2.24, 2.45) is 10.9 Å². The Hall–Kier alpha value is -4.87. The van der Waals surface area contributed by atoms with Crippen molar-refractivity contribution >= 4 is 56.4 Å². The first kappa shape index (κ1) is 40.2. The lowest BCUT2D eigenvalue weighted by atomic mass is 9.74. The van der Waals surface area contributed by atoms with Crippen LogP contribution in [0.15, 0.2) is 68.1 Å². The van der Waals surface area contributed by atoms with Crippen LogP contribution in [0.25, 0.3) is 22.2 Å². The Morgan fingerprint density at radius 1 is 1.08 bits per heavy atom. The van der Waals surface area contributed by atoms with Gasteiger partial charge in [-0.15, -0.1) is 0 Å². The fourth-order valence-electron chi connectivity index (χ4n) is 10.2. The minimum Gasteiger partial charge on any atom is -0.507 e. The number of quaternary nitrogens is 1. The van der Waals surface area contributed by atoms with Crippen LogP contribution in [0.1, 0.15) is 73.1 Å². The normalized spacial score (nSPS) is 29.3. The van der Waals surface area contributed by atoms with Crippen molar-refractivity contribution in [3.05, 3.63) is 92.2 Å². The molecule has 2 saturated heterocycles. The number of aryl methyl sites for hydroxylation is 2. The lowest BCUT2D eigenvalue weighted by molar-refractivity contribution is -0.852. The summed E-state index contributed by atoms with van der Waals surface area (Å²) in [7, 11) is 5.24. The number of aliphatic imine (C=N–C) groups is 1. The van der Waals surface area contributed by atoms with Crippen LogP contribution in [0, 0.1) is 12.8 Å². The summed E-state index contributed by atoms with van der Waals surface area (Å²) in [6, 6.07) is 9.14. The number of epoxide rings is 1. The van der Waals surface area contributed by atoms with E-state index < -0.39 is 29.2 Å². The van der Waals surface area contributed by atoms with Crippen molar-refractivity contribution in [3.63, 3.8) is 0 Å². The molecule has 0 amide bonds. The first-order valence-electron chi connectivity index (χ1n) is 21.0. The maximum absolute atomic E-state index is 14.7. The summed E-state index contributed by atoms with van der Waals surface area (Å²) >= 11 is 0. The van der Waals surface area contributed by atoms with Gasteiger partial charge in [-0.2, -0.15) is 0 Å². The molecule has 0 saturated carbocycles. The molecule has 318 valence electrons. The van der Waals surface area contributed by atoms with Crippen molar-refractivity contribution < 1.29 is 33.4 Å². The van der Waals surface area contributed by atoms with E-state index in [1.54, 1.807) is 34.6 Å². The SMILES string of the molecule is CNCC1CCC23OC2CCc2cc(N)nc(c2)-c2cc(C[NH+]4C=C5N=CC=C5C4)nc(N)c2CSSCCC2(C)Oc4cc5oc(C)cc(=O)c5c(O)c4C(C1)C2OC3=O. The van der Waals surface area contributed by atoms with E-state index in [0.29, 0.717) is 91.8 Å². The molecular formula is C45H50N7O7S2+. The maximum Gasteiger partial charge on any atom is 0.341 e. The molecule has 9 heterocycles. The topological polar surface area (TPSA) is 205 Å². The second-order valence-electron chi connectivity index (χ2n) is 17.5. The number of esters is 1. The predicted octanol–water partition coefficient (Wildman–Crippen LogP) is 4.90. The Balaban J connectivity index is 1.03. The van der Waals surface area contributed by atoms with Gasteiger partial charge in [0.25, 0.3) is 0 Å². The summed E-state index contributed by atoms with van der Waals surface area (Å²) < 4.78 is 26.0. The Kier molecular flexibility index (Phi) is 10.2. The second kappa shape index (κ2) is 15.5. The monoisotopic (exact) mass is 864 g/mol. The van der Waals surface area contributed by atoms with Crippen molar-refractivity contribution in [1.29, 1.82) is 0 Å². The number of nitrogens with zero attached hydrogens (tertiary/aromatic N) is 3. The lowest BCUT2D eigenvalue weighted by Crippen LogP contribution is -3.04. The molecule has 2 fully saturated rings. The summed E-state index contributed by atoms with van der Waals surface area (Å²) in [6.07, 6.45) is 8.28. The number of ether oxygens (including phenoxy) is 3. The van der Waals surface area contributed by atoms with Gasteiger partial charge in [0.15, 0.2) is 11.0 Å². The highest BCUT2D eigenvalue weighted by molar-refractivity contribution is 8.76. The van der Waals surface area contributed by atoms with Crippen LogP contribution >= 0.6 is 21.6 Å². The Morgan fingerprint density at radius 2 is 1.95 bits per heavy atom. The third-order valence-corrected chi connectivity index (χ3v) is 15.5. The van der Waals surface area contributed by atoms with Crippen LogP contribution < -0.4 is 31.8 Å². The summed E-state index contributed by atoms with van der Waals surface area (Å²) in [5, 5.41) is 15.4. The quantitative estimate of drug-likeness (QED) is 0.105. The molecule has 6 aliphatic heterocycles. The molecule has 0 aliphatic carbocycles. The molecule has 14 nitrogen and oxygen atoms in total. The number of carbonyl (C=O) groups excluding carboxylic acids is 1. The van der Waals surface area contributed by atoms with Crippen LogP contribution in [0.5, 0.6) is 11.5 Å². The van der Waals surface area contributed by atoms with Gasteiger partial charge in [-0.1, -0.05) is 21.6 Å². The molecular weight excluding hydrogens is 815 g/mol. The number of fused-ring (bicyclic) bond motifs is 9. The molecule has 4 bridgehead atoms. The fraction of sp³-hybridized carbons (Fsp3) is 0.444. The van der Waals surface area contributed by atoms with Crippen LogP contribution in [0.2, 0.25) is 0 Å². The van der Waals surface area contributed by atoms with E-state index in [4.69, 9.17) is 40.1 Å². The van der Waals surface area contributed by atoms with Crippen molar-refractivity contribution in [2.45, 2.75) is 94.0 Å². The largest absolute Gasteiger partial charge is 0.507 e. The number of pyridine rings is 2. The van der Waals surface area contributed by atoms with E-state index in [1.165, 1.54) is 16.5 Å². The first-order chi connectivity index (χ1) is 29.4. The van der Waals surface area contributed by atoms with Gasteiger partial charge in [0, 0.05) is 64.5 Å². The minimum atomic E-state index is -1.13. The molecule has 7 unspecified atom stereocenters. The highest BCUT2D eigenvalue weighted by atomic mass is 33.1. The van der Waals surface area contributed by atoms with E-state index in [1.807, 2.05) is 26.3 Å². The number of anilines is 2. The summed E-state index contributed by atoms with van der Waals surface area (Å²) in [6.45, 7) is 5.83. The number of nitrogens with two attached hydrogens (primary N) is 2. The van der Waals surface area contributed by atoms with E-state index >= 15 is 0 Å². The number of aromatic hydroxyl groups is 1. The number of nitrogen functional groups attached to an aromatic ring is 2. The number of phenols is 1. The third-order valence-electron chi connectivity index (χ3n) is 13.2. The molecule has 7 N–H and O–H groups in total. The molecule has 1 spiro atoms. The van der Waals surface area contributed by atoms with Gasteiger partial charge in [-0.25, -0.2) is 14.8 Å². The molecule has 0 radical (unpaired) electrons. The molecule has 10 rings (SSSR count). The smallest absolute Gasteiger partial charge is 0.341 e. The van der Waals surface area contributed by atoms with Gasteiger partial charge in [0.05, 0.1) is 17.5 Å². The average Bonchev–Trinajstić information content (AvgIpc) is 3.50. The van der Waals surface area contributed by atoms with Crippen molar-refractivity contribution in [3.8, 4) is 22.8 Å². The van der Waals surface area contributed by atoms with Gasteiger partial charge >= 0.3 is 5.97 Å². The number of carbonyl (C=O) groups is 1. The maximum atomic E-state index is 14.7. The number of aromatic nitrogens is 2. The van der Waals surface area contributed by atoms with E-state index in [-0.39, 0.29) is 34.2 Å². The minimum absolute atomic E-state index is 0.0893. The molecule has 6 aliphatic rings. The zero-order valence-corrected chi connectivity index (χ0v) is 36.0. The zero-order chi connectivity index (χ0) is 42.2. The number of benzene rings is 1. The van der Waals surface area contributed by atoms with Gasteiger partial charge in [0.1, 0.15) is 76.6 Å². The predicted molar refractivity (Wildman–Crippen MR) is 237 cm³/mol. The number of nitrogens with one attached hydrogen (secondary N) is 2. The van der Waals surface area contributed by atoms with Gasteiger partial charge in [-0.3, -0.25) is 14.7 Å². The van der Waals surface area contributed by atoms with Crippen LogP contribution in [-0.4, -0.2) is 76.6 Å². The Bertz CT molecular complexity index is 2630. The first-order valence-corrected chi connectivity index (χ1v) is 23.5. The van der Waals surface area contributed by atoms with Crippen LogP contribution in [-0.2, 0) is 33.0 Å². The number of phenolic OH excluding ortho intramolecular Hbond substituents is 1. The summed E-state index contributed by atoms with van der Waals surface area (Å²) in [5.41, 5.74) is 18.2. The lowest BCUT2D eigenvalue weighted by Gasteiger charge is -2.46. The van der Waals surface area contributed by atoms with E-state index in [2.05, 4.69) is 34.7 Å². The molecule has 4 aromatic rings. The van der Waals surface area contributed by atoms with Crippen LogP contribution in [0.3, 0.4) is 0 Å². The number of allylic oxidation sites excluding steroid dienone is 1. The second-order valence-corrected chi connectivity index (χ2v) is 20.0. The van der Waals surface area contributed by atoms with E-state index in [0.717, 1.165) is 40.3 Å². The molecule has 7 atom stereocenters. The number of rotatable bonds is 4. The highest BCUT2D eigenvalue weighted by Gasteiger charge is 2.65. The average molecular weight is 865 g/mol. The Morgan fingerprint density at radius 3 is 2.79 bits per heavy atom. The third kappa shape index (κ3) is 7.29. The molecule has 16 heteroatoms. The zero-order valence-electron chi connectivity index (χ0n) is 34.4. The standard InChI is InChI=1S/C45H49N7O7S2/c1-23-12-33(53)39-34(56-23)17-35-38(40(39)54)29-13-25(18-48-3)6-8-45-36(59-45)5-4-24-14-31(51-37(46)15-24)28-16-27(20-52-19-26-7-10-49-32(26)21-52)50-42(47)30(28)22-61-60-11-9-44(2,58-35)41(29)57-43(45)55/h7,10,12,14-17,21,25,29,36,41,48,54H,4-6,8-9,11,13,18-20,22H2,1-3H3,(H2,46,51)(H2,47,50)/p+1. The molecule has 3 aromatic heterocycles. The highest BCUT2D eigenvalue weighted by Crippen LogP contribution is 2.55. The van der Waals surface area contributed by atoms with Crippen molar-refractivity contribution in [2.75, 3.05) is 37.4 Å². The Labute approximate surface area is 361 Å². The fourth-order valence-corrected chi connectivity index (χ4v) is 12.5. The van der Waals surface area contributed by atoms with Gasteiger partial charge in [-0.05, 0) is 95.3 Å². The number of hydrogen-bond acceptors (Lipinski definition) is 15. The number of hydrogen-bond donors (Lipinski definition) is 5. The van der Waals surface area contributed by atoms with Crippen molar-refractivity contribution in [1.82, 2.24) is 15.3 Å². The molecule has 61 heavy (non-hydrogen) atoms. The van der Waals surface area contributed by atoms with E-state index in [9.17, 15) is 14.7 Å². The summed E-state index contributed by atoms with van der Waals surface area (Å²) in [5.74, 6) is 1.88. The van der Waals surface area contributed by atoms with Crippen LogP contribution in [0.4, 0.5) is 11.6 Å². The van der Waals surface area contributed by atoms with Gasteiger partial charge < -0.3 is 40.5 Å². The summed E-state index contributed by atoms with van der Waals surface area (Å²) in [4.78, 5) is 43.5.